The highest BCUT2D eigenvalue weighted by Gasteiger charge is 2.43. The van der Waals surface area contributed by atoms with Gasteiger partial charge in [-0.3, -0.25) is 9.59 Å². The molecule has 0 aromatic heterocycles. The Labute approximate surface area is 154 Å². The van der Waals surface area contributed by atoms with E-state index in [-0.39, 0.29) is 23.9 Å². The molecular formula is C19H26ClN3O2. The second-order valence-electron chi connectivity index (χ2n) is 7.76. The zero-order valence-corrected chi connectivity index (χ0v) is 16.1. The second kappa shape index (κ2) is 7.16. The van der Waals surface area contributed by atoms with Crippen LogP contribution in [0.2, 0.25) is 5.02 Å². The maximum absolute atomic E-state index is 12.8. The van der Waals surface area contributed by atoms with Crippen molar-refractivity contribution in [2.24, 2.45) is 16.1 Å². The number of amides is 1. The number of benzene rings is 1. The molecular weight excluding hydrogens is 338 g/mol. The Morgan fingerprint density at radius 3 is 2.44 bits per heavy atom. The molecule has 1 fully saturated rings. The minimum atomic E-state index is -0.761. The van der Waals surface area contributed by atoms with Crippen LogP contribution in [0.4, 0.5) is 5.69 Å². The summed E-state index contributed by atoms with van der Waals surface area (Å²) in [5.41, 5.74) is 5.54. The topological polar surface area (TPSA) is 75.8 Å². The highest BCUT2D eigenvalue weighted by molar-refractivity contribution is 6.30. The Bertz CT molecular complexity index is 692. The first-order chi connectivity index (χ1) is 11.5. The number of nitrogens with two attached hydrogens (primary N) is 1. The maximum Gasteiger partial charge on any atom is 0.272 e. The molecule has 0 bridgehead atoms. The fourth-order valence-electron chi connectivity index (χ4n) is 2.94. The van der Waals surface area contributed by atoms with E-state index in [4.69, 9.17) is 17.3 Å². The zero-order valence-electron chi connectivity index (χ0n) is 15.3. The van der Waals surface area contributed by atoms with E-state index in [1.54, 1.807) is 12.1 Å². The van der Waals surface area contributed by atoms with Crippen molar-refractivity contribution in [2.75, 3.05) is 11.4 Å². The van der Waals surface area contributed by atoms with Gasteiger partial charge < -0.3 is 10.6 Å². The quantitative estimate of drug-likeness (QED) is 0.655. The number of hydrogen-bond donors (Lipinski definition) is 1. The Kier molecular flexibility index (Phi) is 5.57. The van der Waals surface area contributed by atoms with Gasteiger partial charge in [-0.05, 0) is 44.0 Å². The highest BCUT2D eigenvalue weighted by Crippen LogP contribution is 2.35. The third-order valence-corrected chi connectivity index (χ3v) is 4.92. The smallest absolute Gasteiger partial charge is 0.272 e. The molecule has 136 valence electrons. The SMILES string of the molecule is CC(C)(C)C(=O)CC(N)=NC(=O)C1(C)CCCN1c1ccc(Cl)cc1. The molecule has 1 heterocycles. The average molecular weight is 364 g/mol. The number of ketones is 1. The van der Waals surface area contributed by atoms with Gasteiger partial charge in [0, 0.05) is 22.7 Å². The van der Waals surface area contributed by atoms with E-state index >= 15 is 0 Å². The Hall–Kier alpha value is -1.88. The van der Waals surface area contributed by atoms with Gasteiger partial charge in [-0.2, -0.15) is 4.99 Å². The number of hydrogen-bond acceptors (Lipinski definition) is 3. The van der Waals surface area contributed by atoms with E-state index < -0.39 is 11.0 Å². The van der Waals surface area contributed by atoms with Crippen molar-refractivity contribution in [1.82, 2.24) is 0 Å². The van der Waals surface area contributed by atoms with Crippen LogP contribution < -0.4 is 10.6 Å². The lowest BCUT2D eigenvalue weighted by Gasteiger charge is -2.34. The Balaban J connectivity index is 2.19. The Morgan fingerprint density at radius 1 is 1.28 bits per heavy atom. The zero-order chi connectivity index (χ0) is 18.8. The van der Waals surface area contributed by atoms with Crippen molar-refractivity contribution < 1.29 is 9.59 Å². The first-order valence-electron chi connectivity index (χ1n) is 8.48. The number of carbonyl (C=O) groups is 2. The minimum Gasteiger partial charge on any atom is -0.387 e. The summed E-state index contributed by atoms with van der Waals surface area (Å²) in [7, 11) is 0. The van der Waals surface area contributed by atoms with Crippen molar-refractivity contribution in [3.05, 3.63) is 29.3 Å². The van der Waals surface area contributed by atoms with Crippen molar-refractivity contribution >= 4 is 34.8 Å². The number of Topliss-reactive ketones (excluding diaryl/α,β-unsaturated/α-hetero) is 1. The molecule has 1 saturated heterocycles. The number of aliphatic imine (C=N–C) groups is 1. The van der Waals surface area contributed by atoms with E-state index in [0.29, 0.717) is 11.4 Å². The van der Waals surface area contributed by atoms with Crippen LogP contribution in [0.5, 0.6) is 0 Å². The van der Waals surface area contributed by atoms with Gasteiger partial charge in [0.2, 0.25) is 0 Å². The lowest BCUT2D eigenvalue weighted by atomic mass is 9.89. The molecule has 6 heteroatoms. The summed E-state index contributed by atoms with van der Waals surface area (Å²) in [5.74, 6) is -0.263. The second-order valence-corrected chi connectivity index (χ2v) is 8.20. The van der Waals surface area contributed by atoms with E-state index in [2.05, 4.69) is 4.99 Å². The predicted octanol–water partition coefficient (Wildman–Crippen LogP) is 3.59. The van der Waals surface area contributed by atoms with Gasteiger partial charge in [0.25, 0.3) is 5.91 Å². The normalized spacial score (nSPS) is 21.5. The molecule has 1 aromatic carbocycles. The molecule has 2 rings (SSSR count). The van der Waals surface area contributed by atoms with Crippen molar-refractivity contribution in [3.8, 4) is 0 Å². The molecule has 0 aliphatic carbocycles. The summed E-state index contributed by atoms with van der Waals surface area (Å²) in [6.07, 6.45) is 1.58. The monoisotopic (exact) mass is 363 g/mol. The van der Waals surface area contributed by atoms with Crippen LogP contribution in [0.1, 0.15) is 47.0 Å². The first kappa shape index (κ1) is 19.4. The largest absolute Gasteiger partial charge is 0.387 e. The summed E-state index contributed by atoms with van der Waals surface area (Å²) in [6.45, 7) is 8.11. The fourth-order valence-corrected chi connectivity index (χ4v) is 3.07. The van der Waals surface area contributed by atoms with Gasteiger partial charge in [0.15, 0.2) is 0 Å². The van der Waals surface area contributed by atoms with Crippen molar-refractivity contribution in [1.29, 1.82) is 0 Å². The van der Waals surface area contributed by atoms with Crippen LogP contribution in [0.3, 0.4) is 0 Å². The third-order valence-electron chi connectivity index (χ3n) is 4.66. The molecule has 0 spiro atoms. The number of rotatable bonds is 4. The summed E-state index contributed by atoms with van der Waals surface area (Å²) < 4.78 is 0. The Morgan fingerprint density at radius 2 is 1.88 bits per heavy atom. The van der Waals surface area contributed by atoms with E-state index in [0.717, 1.165) is 18.7 Å². The molecule has 0 saturated carbocycles. The molecule has 1 aromatic rings. The molecule has 1 aliphatic rings. The summed E-state index contributed by atoms with van der Waals surface area (Å²) in [4.78, 5) is 31.0. The van der Waals surface area contributed by atoms with E-state index in [1.165, 1.54) is 0 Å². The van der Waals surface area contributed by atoms with Crippen LogP contribution in [0, 0.1) is 5.41 Å². The van der Waals surface area contributed by atoms with Crippen LogP contribution in [-0.2, 0) is 9.59 Å². The summed E-state index contributed by atoms with van der Waals surface area (Å²) >= 11 is 5.95. The van der Waals surface area contributed by atoms with Gasteiger partial charge in [-0.25, -0.2) is 0 Å². The van der Waals surface area contributed by atoms with Crippen LogP contribution in [0.25, 0.3) is 0 Å². The molecule has 1 unspecified atom stereocenters. The average Bonchev–Trinajstić information content (AvgIpc) is 2.90. The lowest BCUT2D eigenvalue weighted by Crippen LogP contribution is -2.48. The highest BCUT2D eigenvalue weighted by atomic mass is 35.5. The molecule has 5 nitrogen and oxygen atoms in total. The molecule has 25 heavy (non-hydrogen) atoms. The minimum absolute atomic E-state index is 0.00767. The van der Waals surface area contributed by atoms with Gasteiger partial charge in [-0.15, -0.1) is 0 Å². The summed E-state index contributed by atoms with van der Waals surface area (Å²) in [6, 6.07) is 7.41. The van der Waals surface area contributed by atoms with Crippen LogP contribution >= 0.6 is 11.6 Å². The molecule has 1 atom stereocenters. The van der Waals surface area contributed by atoms with Crippen LogP contribution in [0.15, 0.2) is 29.3 Å². The fraction of sp³-hybridized carbons (Fsp3) is 0.526. The summed E-state index contributed by atoms with van der Waals surface area (Å²) in [5, 5.41) is 0.652. The molecule has 1 aliphatic heterocycles. The van der Waals surface area contributed by atoms with Gasteiger partial charge in [-0.1, -0.05) is 32.4 Å². The van der Waals surface area contributed by atoms with Crippen molar-refractivity contribution in [3.63, 3.8) is 0 Å². The van der Waals surface area contributed by atoms with Gasteiger partial charge >= 0.3 is 0 Å². The van der Waals surface area contributed by atoms with Crippen LogP contribution in [-0.4, -0.2) is 29.6 Å². The van der Waals surface area contributed by atoms with Crippen molar-refractivity contribution in [2.45, 2.75) is 52.5 Å². The number of carbonyl (C=O) groups excluding carboxylic acids is 2. The van der Waals surface area contributed by atoms with E-state index in [9.17, 15) is 9.59 Å². The number of amidine groups is 1. The third kappa shape index (κ3) is 4.40. The predicted molar refractivity (Wildman–Crippen MR) is 102 cm³/mol. The molecule has 0 radical (unpaired) electrons. The van der Waals surface area contributed by atoms with E-state index in [1.807, 2.05) is 44.7 Å². The van der Waals surface area contributed by atoms with Gasteiger partial charge in [0.05, 0.1) is 6.42 Å². The maximum atomic E-state index is 12.8. The number of nitrogens with zero attached hydrogens (tertiary/aromatic N) is 2. The number of anilines is 1. The lowest BCUT2D eigenvalue weighted by molar-refractivity contribution is -0.125. The molecule has 1 amide bonds. The standard InChI is InChI=1S/C19H26ClN3O2/c1-18(2,3)15(24)12-16(21)22-17(25)19(4)10-5-11-23(19)14-8-6-13(20)7-9-14/h6-9H,5,10-12H2,1-4H3,(H2,21,22,25). The number of halogens is 1. The molecule has 2 N–H and O–H groups in total. The van der Waals surface area contributed by atoms with Gasteiger partial charge in [0.1, 0.15) is 17.2 Å². The first-order valence-corrected chi connectivity index (χ1v) is 8.86.